The Morgan fingerprint density at radius 3 is 2.39 bits per heavy atom. The molecule has 1 aliphatic rings. The highest BCUT2D eigenvalue weighted by atomic mass is 32.2. The number of fused-ring (bicyclic) bond motifs is 1. The molecule has 0 aromatic heterocycles. The summed E-state index contributed by atoms with van der Waals surface area (Å²) in [5, 5.41) is 20.4. The van der Waals surface area contributed by atoms with E-state index in [-0.39, 0.29) is 24.6 Å². The maximum Gasteiger partial charge on any atom is 0.243 e. The third-order valence-corrected chi connectivity index (χ3v) is 6.04. The lowest BCUT2D eigenvalue weighted by molar-refractivity contribution is 0.00840. The largest absolute Gasteiger partial charge is 0.395 e. The minimum Gasteiger partial charge on any atom is -0.395 e. The van der Waals surface area contributed by atoms with E-state index in [4.69, 9.17) is 0 Å². The third kappa shape index (κ3) is 2.90. The first kappa shape index (κ1) is 16.1. The van der Waals surface area contributed by atoms with Crippen LogP contribution in [0.4, 0.5) is 0 Å². The summed E-state index contributed by atoms with van der Waals surface area (Å²) < 4.78 is 26.4. The van der Waals surface area contributed by atoms with Gasteiger partial charge < -0.3 is 10.2 Å². The molecular formula is C17H19NO4S. The van der Waals surface area contributed by atoms with Gasteiger partial charge in [-0.1, -0.05) is 48.5 Å². The fourth-order valence-electron chi connectivity index (χ4n) is 3.07. The van der Waals surface area contributed by atoms with Crippen molar-refractivity contribution in [3.8, 4) is 0 Å². The molecule has 0 fully saturated rings. The van der Waals surface area contributed by atoms with E-state index >= 15 is 0 Å². The Bertz CT molecular complexity index is 791. The van der Waals surface area contributed by atoms with Crippen LogP contribution in [0.5, 0.6) is 0 Å². The highest BCUT2D eigenvalue weighted by Crippen LogP contribution is 2.38. The van der Waals surface area contributed by atoms with E-state index in [0.717, 1.165) is 9.87 Å². The van der Waals surface area contributed by atoms with E-state index in [1.165, 1.54) is 6.07 Å². The molecule has 0 saturated carbocycles. The lowest BCUT2D eigenvalue weighted by Gasteiger charge is -2.40. The molecule has 0 spiro atoms. The van der Waals surface area contributed by atoms with Crippen LogP contribution in [0.2, 0.25) is 0 Å². The molecule has 2 aromatic rings. The zero-order valence-corrected chi connectivity index (χ0v) is 13.4. The molecule has 23 heavy (non-hydrogen) atoms. The summed E-state index contributed by atoms with van der Waals surface area (Å²) in [4.78, 5) is 0.109. The predicted octanol–water partition coefficient (Wildman–Crippen LogP) is 1.11. The highest BCUT2D eigenvalue weighted by Gasteiger charge is 2.44. The molecule has 3 rings (SSSR count). The molecule has 1 atom stereocenters. The Labute approximate surface area is 135 Å². The van der Waals surface area contributed by atoms with Gasteiger partial charge in [0.2, 0.25) is 10.0 Å². The molecule has 5 nitrogen and oxygen atoms in total. The van der Waals surface area contributed by atoms with Gasteiger partial charge in [0.15, 0.2) is 0 Å². The molecule has 1 aliphatic heterocycles. The quantitative estimate of drug-likeness (QED) is 0.879. The van der Waals surface area contributed by atoms with Crippen LogP contribution in [-0.2, 0) is 22.0 Å². The van der Waals surface area contributed by atoms with Crippen LogP contribution in [0.1, 0.15) is 11.1 Å². The van der Waals surface area contributed by atoms with E-state index in [1.807, 2.05) is 30.3 Å². The lowest BCUT2D eigenvalue weighted by Crippen LogP contribution is -2.51. The van der Waals surface area contributed by atoms with Gasteiger partial charge in [0, 0.05) is 25.1 Å². The maximum absolute atomic E-state index is 12.6. The fourth-order valence-corrected chi connectivity index (χ4v) is 4.84. The molecule has 2 aromatic carbocycles. The topological polar surface area (TPSA) is 77.8 Å². The van der Waals surface area contributed by atoms with Gasteiger partial charge >= 0.3 is 0 Å². The summed E-state index contributed by atoms with van der Waals surface area (Å²) in [6, 6.07) is 16.0. The van der Waals surface area contributed by atoms with E-state index in [9.17, 15) is 18.6 Å². The minimum atomic E-state index is -3.69. The Morgan fingerprint density at radius 2 is 1.70 bits per heavy atom. The molecule has 0 amide bonds. The van der Waals surface area contributed by atoms with Gasteiger partial charge in [0.05, 0.1) is 11.5 Å². The van der Waals surface area contributed by atoms with Crippen LogP contribution in [0.15, 0.2) is 59.5 Å². The monoisotopic (exact) mass is 333 g/mol. The van der Waals surface area contributed by atoms with E-state index in [1.54, 1.807) is 18.2 Å². The Morgan fingerprint density at radius 1 is 1.04 bits per heavy atom. The molecular weight excluding hydrogens is 314 g/mol. The zero-order valence-electron chi connectivity index (χ0n) is 12.6. The zero-order chi connectivity index (χ0) is 16.5. The van der Waals surface area contributed by atoms with Crippen LogP contribution >= 0.6 is 0 Å². The van der Waals surface area contributed by atoms with Gasteiger partial charge in [0.25, 0.3) is 0 Å². The van der Waals surface area contributed by atoms with Crippen molar-refractivity contribution in [2.75, 3.05) is 19.7 Å². The van der Waals surface area contributed by atoms with Gasteiger partial charge in [-0.2, -0.15) is 4.31 Å². The minimum absolute atomic E-state index is 0.0340. The number of rotatable bonds is 4. The maximum atomic E-state index is 12.6. The average molecular weight is 333 g/mol. The number of β-amino-alcohol motifs (C(OH)–C–C–N with tert-alkyl or cyclic N) is 2. The summed E-state index contributed by atoms with van der Waals surface area (Å²) in [6.45, 7) is -0.390. The lowest BCUT2D eigenvalue weighted by atomic mass is 9.86. The Kier molecular flexibility index (Phi) is 4.25. The van der Waals surface area contributed by atoms with E-state index in [0.29, 0.717) is 12.0 Å². The van der Waals surface area contributed by atoms with E-state index < -0.39 is 15.6 Å². The second-order valence-electron chi connectivity index (χ2n) is 5.75. The number of sulfonamides is 1. The van der Waals surface area contributed by atoms with Crippen LogP contribution < -0.4 is 0 Å². The van der Waals surface area contributed by atoms with Crippen molar-refractivity contribution in [2.45, 2.75) is 16.9 Å². The number of aliphatic hydroxyl groups excluding tert-OH is 1. The SMILES string of the molecule is O=S1(=O)c2ccccc2C(O)(Cc2ccccc2)CN1CCO. The first-order chi connectivity index (χ1) is 11.0. The van der Waals surface area contributed by atoms with Crippen molar-refractivity contribution in [2.24, 2.45) is 0 Å². The number of benzene rings is 2. The summed E-state index contributed by atoms with van der Waals surface area (Å²) in [5.74, 6) is 0. The van der Waals surface area contributed by atoms with Crippen molar-refractivity contribution >= 4 is 10.0 Å². The van der Waals surface area contributed by atoms with E-state index in [2.05, 4.69) is 0 Å². The molecule has 2 N–H and O–H groups in total. The first-order valence-corrected chi connectivity index (χ1v) is 8.88. The Hall–Kier alpha value is -1.73. The first-order valence-electron chi connectivity index (χ1n) is 7.44. The van der Waals surface area contributed by atoms with Gasteiger partial charge in [-0.3, -0.25) is 0 Å². The number of hydrogen-bond donors (Lipinski definition) is 2. The second-order valence-corrected chi connectivity index (χ2v) is 7.66. The molecule has 0 bridgehead atoms. The van der Waals surface area contributed by atoms with Crippen molar-refractivity contribution < 1.29 is 18.6 Å². The summed E-state index contributed by atoms with van der Waals surface area (Å²) in [6.07, 6.45) is 0.308. The van der Waals surface area contributed by atoms with Gasteiger partial charge in [-0.15, -0.1) is 0 Å². The summed E-state index contributed by atoms with van der Waals surface area (Å²) in [5.41, 5.74) is 0.0180. The van der Waals surface area contributed by atoms with Crippen LogP contribution in [0.25, 0.3) is 0 Å². The average Bonchev–Trinajstić information content (AvgIpc) is 2.54. The van der Waals surface area contributed by atoms with Gasteiger partial charge in [-0.05, 0) is 11.6 Å². The molecule has 0 aliphatic carbocycles. The second kappa shape index (κ2) is 6.05. The van der Waals surface area contributed by atoms with Gasteiger partial charge in [-0.25, -0.2) is 8.42 Å². The third-order valence-electron chi connectivity index (χ3n) is 4.13. The van der Waals surface area contributed by atoms with Crippen molar-refractivity contribution in [1.29, 1.82) is 0 Å². The molecule has 122 valence electrons. The van der Waals surface area contributed by atoms with Crippen LogP contribution in [-0.4, -0.2) is 42.6 Å². The fraction of sp³-hybridized carbons (Fsp3) is 0.294. The summed E-state index contributed by atoms with van der Waals surface area (Å²) >= 11 is 0. The summed E-state index contributed by atoms with van der Waals surface area (Å²) in [7, 11) is -3.69. The number of nitrogens with zero attached hydrogens (tertiary/aromatic N) is 1. The standard InChI is InChI=1S/C17H19NO4S/c19-11-10-18-13-17(20,12-14-6-2-1-3-7-14)15-8-4-5-9-16(15)23(18,21)22/h1-9,19-20H,10-13H2. The van der Waals surface area contributed by atoms with Crippen molar-refractivity contribution in [3.63, 3.8) is 0 Å². The highest BCUT2D eigenvalue weighted by molar-refractivity contribution is 7.89. The molecule has 0 radical (unpaired) electrons. The normalized spacial score (nSPS) is 23.4. The molecule has 1 unspecified atom stereocenters. The van der Waals surface area contributed by atoms with Gasteiger partial charge in [0.1, 0.15) is 5.60 Å². The smallest absolute Gasteiger partial charge is 0.243 e. The predicted molar refractivity (Wildman–Crippen MR) is 86.3 cm³/mol. The molecule has 1 heterocycles. The number of hydrogen-bond acceptors (Lipinski definition) is 4. The molecule has 0 saturated heterocycles. The van der Waals surface area contributed by atoms with Crippen molar-refractivity contribution in [1.82, 2.24) is 4.31 Å². The molecule has 6 heteroatoms. The van der Waals surface area contributed by atoms with Crippen LogP contribution in [0.3, 0.4) is 0 Å². The van der Waals surface area contributed by atoms with Crippen LogP contribution in [0, 0.1) is 0 Å². The van der Waals surface area contributed by atoms with Crippen molar-refractivity contribution in [3.05, 3.63) is 65.7 Å². The number of aliphatic hydroxyl groups is 2. The Balaban J connectivity index is 2.09.